The summed E-state index contributed by atoms with van der Waals surface area (Å²) in [6.07, 6.45) is 1.71. The van der Waals surface area contributed by atoms with Gasteiger partial charge < -0.3 is 26.5 Å². The van der Waals surface area contributed by atoms with Crippen LogP contribution < -0.4 is 26.4 Å². The van der Waals surface area contributed by atoms with Crippen LogP contribution in [0.25, 0.3) is 10.9 Å². The van der Waals surface area contributed by atoms with Crippen molar-refractivity contribution in [3.05, 3.63) is 70.9 Å². The molecule has 0 aliphatic rings. The number of aromatic amines is 1. The third-order valence-electron chi connectivity index (χ3n) is 5.63. The van der Waals surface area contributed by atoms with Crippen LogP contribution in [0.5, 0.6) is 5.75 Å². The summed E-state index contributed by atoms with van der Waals surface area (Å²) in [5, 5.41) is 3.77. The first-order chi connectivity index (χ1) is 17.5. The van der Waals surface area contributed by atoms with E-state index in [-0.39, 0.29) is 16.3 Å². The number of nitrogens with zero attached hydrogens (tertiary/aromatic N) is 2. The molecule has 1 atom stereocenters. The number of H-pyrrole nitrogens is 1. The van der Waals surface area contributed by atoms with E-state index in [4.69, 9.17) is 16.2 Å². The van der Waals surface area contributed by atoms with Crippen molar-refractivity contribution in [3.8, 4) is 5.75 Å². The minimum atomic E-state index is -1.12. The molecule has 0 unspecified atom stereocenters. The lowest BCUT2D eigenvalue weighted by molar-refractivity contribution is -0.123. The number of rotatable bonds is 7. The van der Waals surface area contributed by atoms with Crippen LogP contribution in [0.4, 0.5) is 11.4 Å². The van der Waals surface area contributed by atoms with Gasteiger partial charge in [-0.3, -0.25) is 19.3 Å². The minimum Gasteiger partial charge on any atom is -0.497 e. The molecule has 6 N–H and O–H groups in total. The molecule has 4 rings (SSSR count). The lowest BCUT2D eigenvalue weighted by Crippen LogP contribution is -2.49. The van der Waals surface area contributed by atoms with E-state index in [1.54, 1.807) is 30.5 Å². The smallest absolute Gasteiger partial charge is 0.273 e. The number of carbonyl (C=O) groups excluding carboxylic acids is 3. The largest absolute Gasteiger partial charge is 0.497 e. The van der Waals surface area contributed by atoms with Gasteiger partial charge in [0.05, 0.1) is 12.8 Å². The van der Waals surface area contributed by atoms with Crippen molar-refractivity contribution in [1.29, 1.82) is 0 Å². The van der Waals surface area contributed by atoms with Crippen molar-refractivity contribution in [1.82, 2.24) is 14.7 Å². The molecule has 37 heavy (non-hydrogen) atoms. The third-order valence-corrected chi connectivity index (χ3v) is 6.48. The number of methoxy groups -OCH3 is 1. The Balaban J connectivity index is 1.97. The summed E-state index contributed by atoms with van der Waals surface area (Å²) in [6, 6.07) is 13.2. The Morgan fingerprint density at radius 1 is 1.14 bits per heavy atom. The summed E-state index contributed by atoms with van der Waals surface area (Å²) in [5.74, 6) is -1.39. The standard InChI is InChI=1S/C26H28N6O4S/c1-26(2,3)30-24(34)21(17-13-29-18-11-6-5-10-16(17)18)32(14-8-7-9-15(12-14)36-4)25(35)22-19(27)20(23(28)33)31-37-22/h5-13,21,29H,27H2,1-4H3,(H2,28,33)(H,30,34)/t21-/m0/s1. The van der Waals surface area contributed by atoms with Crippen LogP contribution in [0.1, 0.15) is 52.5 Å². The second kappa shape index (κ2) is 9.94. The van der Waals surface area contributed by atoms with Crippen LogP contribution in [0, 0.1) is 0 Å². The van der Waals surface area contributed by atoms with Gasteiger partial charge in [-0.2, -0.15) is 4.37 Å². The van der Waals surface area contributed by atoms with E-state index >= 15 is 0 Å². The minimum absolute atomic E-state index is 0.00924. The van der Waals surface area contributed by atoms with Crippen molar-refractivity contribution < 1.29 is 19.1 Å². The zero-order chi connectivity index (χ0) is 26.9. The lowest BCUT2D eigenvalue weighted by atomic mass is 9.99. The van der Waals surface area contributed by atoms with Crippen molar-refractivity contribution >= 4 is 51.5 Å². The van der Waals surface area contributed by atoms with Crippen molar-refractivity contribution in [2.45, 2.75) is 32.4 Å². The number of benzene rings is 2. The molecule has 4 aromatic rings. The van der Waals surface area contributed by atoms with Gasteiger partial charge in [0.25, 0.3) is 11.8 Å². The van der Waals surface area contributed by atoms with Crippen LogP contribution >= 0.6 is 11.5 Å². The summed E-state index contributed by atoms with van der Waals surface area (Å²) in [5.41, 5.74) is 12.4. The number of aromatic nitrogens is 2. The van der Waals surface area contributed by atoms with Crippen LogP contribution in [0.2, 0.25) is 0 Å². The van der Waals surface area contributed by atoms with Crippen LogP contribution in [-0.2, 0) is 4.79 Å². The van der Waals surface area contributed by atoms with E-state index in [9.17, 15) is 14.4 Å². The molecule has 0 aliphatic carbocycles. The van der Waals surface area contributed by atoms with Gasteiger partial charge >= 0.3 is 0 Å². The number of amides is 3. The monoisotopic (exact) mass is 520 g/mol. The number of ether oxygens (including phenoxy) is 1. The van der Waals surface area contributed by atoms with Gasteiger partial charge in [-0.15, -0.1) is 0 Å². The maximum atomic E-state index is 14.2. The Morgan fingerprint density at radius 3 is 2.51 bits per heavy atom. The molecule has 10 nitrogen and oxygen atoms in total. The highest BCUT2D eigenvalue weighted by Crippen LogP contribution is 2.37. The van der Waals surface area contributed by atoms with E-state index in [0.717, 1.165) is 22.4 Å². The molecular weight excluding hydrogens is 492 g/mol. The first-order valence-electron chi connectivity index (χ1n) is 11.4. The first-order valence-corrected chi connectivity index (χ1v) is 12.2. The summed E-state index contributed by atoms with van der Waals surface area (Å²) in [7, 11) is 1.51. The summed E-state index contributed by atoms with van der Waals surface area (Å²) >= 11 is 0.751. The number of nitrogens with one attached hydrogen (secondary N) is 2. The fraction of sp³-hybridized carbons (Fsp3) is 0.231. The second-order valence-electron chi connectivity index (χ2n) is 9.45. The molecule has 192 valence electrons. The first kappa shape index (κ1) is 25.7. The summed E-state index contributed by atoms with van der Waals surface area (Å²) in [6.45, 7) is 5.57. The van der Waals surface area contributed by atoms with E-state index in [1.165, 1.54) is 12.0 Å². The average molecular weight is 521 g/mol. The average Bonchev–Trinajstić information content (AvgIpc) is 3.44. The van der Waals surface area contributed by atoms with E-state index in [2.05, 4.69) is 14.7 Å². The molecule has 0 aliphatic heterocycles. The molecule has 0 saturated heterocycles. The number of fused-ring (bicyclic) bond motifs is 1. The van der Waals surface area contributed by atoms with Gasteiger partial charge in [-0.25, -0.2) is 0 Å². The predicted octanol–water partition coefficient (Wildman–Crippen LogP) is 3.62. The fourth-order valence-corrected chi connectivity index (χ4v) is 4.78. The quantitative estimate of drug-likeness (QED) is 0.292. The zero-order valence-electron chi connectivity index (χ0n) is 20.9. The van der Waals surface area contributed by atoms with Gasteiger partial charge in [0.2, 0.25) is 5.91 Å². The zero-order valence-corrected chi connectivity index (χ0v) is 21.7. The van der Waals surface area contributed by atoms with Crippen molar-refractivity contribution in [2.75, 3.05) is 17.7 Å². The number of nitrogens with two attached hydrogens (primary N) is 2. The molecule has 0 radical (unpaired) electrons. The SMILES string of the molecule is COc1cccc(N(C(=O)c2snc(C(N)=O)c2N)[C@H](C(=O)NC(C)(C)C)c2c[nH]c3ccccc23)c1. The molecule has 0 spiro atoms. The molecule has 3 amide bonds. The van der Waals surface area contributed by atoms with E-state index in [1.807, 2.05) is 45.0 Å². The number of primary amides is 1. The maximum absolute atomic E-state index is 14.2. The van der Waals surface area contributed by atoms with Gasteiger partial charge in [0.1, 0.15) is 16.7 Å². The summed E-state index contributed by atoms with van der Waals surface area (Å²) < 4.78 is 9.38. The molecule has 2 aromatic carbocycles. The Labute approximate surface area is 217 Å². The molecule has 0 fully saturated rings. The Hall–Kier alpha value is -4.38. The third kappa shape index (κ3) is 5.12. The van der Waals surface area contributed by atoms with Crippen molar-refractivity contribution in [3.63, 3.8) is 0 Å². The maximum Gasteiger partial charge on any atom is 0.273 e. The molecule has 11 heteroatoms. The van der Waals surface area contributed by atoms with Gasteiger partial charge in [0.15, 0.2) is 5.69 Å². The molecule has 2 aromatic heterocycles. The van der Waals surface area contributed by atoms with Gasteiger partial charge in [0, 0.05) is 40.0 Å². The second-order valence-corrected chi connectivity index (χ2v) is 10.2. The number of hydrogen-bond donors (Lipinski definition) is 4. The number of carbonyl (C=O) groups is 3. The summed E-state index contributed by atoms with van der Waals surface area (Å²) in [4.78, 5) is 44.4. The Kier molecular flexibility index (Phi) is 6.90. The molecule has 2 heterocycles. The highest BCUT2D eigenvalue weighted by Gasteiger charge is 2.38. The molecular formula is C26H28N6O4S. The fourth-order valence-electron chi connectivity index (χ4n) is 4.04. The Bertz CT molecular complexity index is 1490. The van der Waals surface area contributed by atoms with Crippen LogP contribution in [0.3, 0.4) is 0 Å². The number of anilines is 2. The normalized spacial score (nSPS) is 12.2. The Morgan fingerprint density at radius 2 is 1.86 bits per heavy atom. The van der Waals surface area contributed by atoms with Crippen molar-refractivity contribution in [2.24, 2.45) is 5.73 Å². The number of para-hydroxylation sites is 1. The van der Waals surface area contributed by atoms with Crippen LogP contribution in [0.15, 0.2) is 54.7 Å². The van der Waals surface area contributed by atoms with E-state index in [0.29, 0.717) is 17.0 Å². The molecule has 0 saturated carbocycles. The predicted molar refractivity (Wildman–Crippen MR) is 144 cm³/mol. The highest BCUT2D eigenvalue weighted by atomic mass is 32.1. The van der Waals surface area contributed by atoms with Gasteiger partial charge in [-0.1, -0.05) is 24.3 Å². The number of nitrogen functional groups attached to an aromatic ring is 1. The van der Waals surface area contributed by atoms with E-state index < -0.39 is 29.3 Å². The number of hydrogen-bond acceptors (Lipinski definition) is 7. The topological polar surface area (TPSA) is 156 Å². The lowest BCUT2D eigenvalue weighted by Gasteiger charge is -2.33. The molecule has 0 bridgehead atoms. The highest BCUT2D eigenvalue weighted by molar-refractivity contribution is 7.09. The van der Waals surface area contributed by atoms with Gasteiger partial charge in [-0.05, 0) is 50.5 Å². The van der Waals surface area contributed by atoms with Crippen LogP contribution in [-0.4, -0.2) is 39.7 Å².